The van der Waals surface area contributed by atoms with Gasteiger partial charge in [-0.15, -0.1) is 0 Å². The van der Waals surface area contributed by atoms with E-state index in [1.165, 1.54) is 0 Å². The molecule has 2 N–H and O–H groups in total. The Labute approximate surface area is 123 Å². The molecule has 0 aliphatic heterocycles. The van der Waals surface area contributed by atoms with Crippen LogP contribution in [0.15, 0.2) is 54.6 Å². The lowest BCUT2D eigenvalue weighted by molar-refractivity contribution is -0.138. The molecule has 0 bridgehead atoms. The molecule has 0 aliphatic carbocycles. The average Bonchev–Trinajstić information content (AvgIpc) is 2.81. The third-order valence-electron chi connectivity index (χ3n) is 3.87. The summed E-state index contributed by atoms with van der Waals surface area (Å²) in [4.78, 5) is 15.1. The van der Waals surface area contributed by atoms with Crippen molar-refractivity contribution in [1.29, 1.82) is 0 Å². The van der Waals surface area contributed by atoms with Gasteiger partial charge < -0.3 is 10.1 Å². The van der Waals surface area contributed by atoms with Crippen LogP contribution in [0.2, 0.25) is 0 Å². The van der Waals surface area contributed by atoms with Crippen molar-refractivity contribution in [3.05, 3.63) is 71.4 Å². The van der Waals surface area contributed by atoms with Gasteiger partial charge >= 0.3 is 5.97 Å². The monoisotopic (exact) mass is 279 g/mol. The summed E-state index contributed by atoms with van der Waals surface area (Å²) in [7, 11) is 0. The van der Waals surface area contributed by atoms with Gasteiger partial charge in [0.1, 0.15) is 0 Å². The second-order valence-corrected chi connectivity index (χ2v) is 5.29. The minimum Gasteiger partial charge on any atom is -0.481 e. The second-order valence-electron chi connectivity index (χ2n) is 5.29. The molecule has 0 fully saturated rings. The van der Waals surface area contributed by atoms with Gasteiger partial charge in [0.2, 0.25) is 0 Å². The molecule has 0 radical (unpaired) electrons. The van der Waals surface area contributed by atoms with Crippen molar-refractivity contribution in [3.8, 4) is 0 Å². The first-order chi connectivity index (χ1) is 10.2. The van der Waals surface area contributed by atoms with Crippen LogP contribution in [0.4, 0.5) is 0 Å². The summed E-state index contributed by atoms with van der Waals surface area (Å²) >= 11 is 0. The van der Waals surface area contributed by atoms with Gasteiger partial charge in [-0.25, -0.2) is 0 Å². The van der Waals surface area contributed by atoms with Gasteiger partial charge in [0.25, 0.3) is 0 Å². The lowest BCUT2D eigenvalue weighted by atomic mass is 9.90. The molecule has 0 saturated heterocycles. The molecule has 3 heteroatoms. The molecule has 1 atom stereocenters. The van der Waals surface area contributed by atoms with E-state index < -0.39 is 11.9 Å². The van der Waals surface area contributed by atoms with E-state index in [1.54, 1.807) is 0 Å². The predicted molar refractivity (Wildman–Crippen MR) is 83.6 cm³/mol. The largest absolute Gasteiger partial charge is 0.481 e. The number of carbonyl (C=O) groups is 1. The maximum atomic E-state index is 11.8. The highest BCUT2D eigenvalue weighted by Crippen LogP contribution is 2.31. The minimum atomic E-state index is -0.785. The van der Waals surface area contributed by atoms with Crippen molar-refractivity contribution in [2.24, 2.45) is 0 Å². The lowest BCUT2D eigenvalue weighted by Crippen LogP contribution is -2.15. The molecule has 3 nitrogen and oxygen atoms in total. The lowest BCUT2D eigenvalue weighted by Gasteiger charge is -2.13. The summed E-state index contributed by atoms with van der Waals surface area (Å²) in [5, 5.41) is 10.7. The molecular weight excluding hydrogens is 262 g/mol. The fraction of sp³-hybridized carbons (Fsp3) is 0.167. The highest BCUT2D eigenvalue weighted by Gasteiger charge is 2.25. The maximum Gasteiger partial charge on any atom is 0.311 e. The van der Waals surface area contributed by atoms with E-state index >= 15 is 0 Å². The van der Waals surface area contributed by atoms with E-state index in [0.29, 0.717) is 6.42 Å². The Morgan fingerprint density at radius 1 is 1.10 bits per heavy atom. The van der Waals surface area contributed by atoms with Gasteiger partial charge in [0.05, 0.1) is 5.92 Å². The Morgan fingerprint density at radius 2 is 1.76 bits per heavy atom. The molecule has 3 rings (SSSR count). The maximum absolute atomic E-state index is 11.8. The zero-order valence-electron chi connectivity index (χ0n) is 11.8. The summed E-state index contributed by atoms with van der Waals surface area (Å²) in [6, 6.07) is 17.6. The number of carboxylic acids is 1. The first-order valence-electron chi connectivity index (χ1n) is 7.00. The van der Waals surface area contributed by atoms with Crippen molar-refractivity contribution in [3.63, 3.8) is 0 Å². The highest BCUT2D eigenvalue weighted by atomic mass is 16.4. The Bertz CT molecular complexity index is 774. The summed E-state index contributed by atoms with van der Waals surface area (Å²) in [6.45, 7) is 1.94. The normalized spacial score (nSPS) is 12.4. The van der Waals surface area contributed by atoms with Crippen LogP contribution in [0.5, 0.6) is 0 Å². The smallest absolute Gasteiger partial charge is 0.311 e. The number of carboxylic acid groups (broad SMARTS) is 1. The van der Waals surface area contributed by atoms with Crippen molar-refractivity contribution in [2.75, 3.05) is 0 Å². The van der Waals surface area contributed by atoms with Crippen LogP contribution >= 0.6 is 0 Å². The third kappa shape index (κ3) is 2.55. The third-order valence-corrected chi connectivity index (χ3v) is 3.87. The number of hydrogen-bond acceptors (Lipinski definition) is 1. The number of nitrogens with one attached hydrogen (secondary N) is 1. The van der Waals surface area contributed by atoms with Crippen molar-refractivity contribution in [2.45, 2.75) is 19.3 Å². The van der Waals surface area contributed by atoms with Gasteiger partial charge in [-0.2, -0.15) is 0 Å². The Morgan fingerprint density at radius 3 is 2.48 bits per heavy atom. The summed E-state index contributed by atoms with van der Waals surface area (Å²) < 4.78 is 0. The SMILES string of the molecule is Cc1[nH]c2ccccc2c1C(Cc1ccccc1)C(=O)O. The van der Waals surface area contributed by atoms with Crippen molar-refractivity contribution < 1.29 is 9.90 Å². The molecule has 1 heterocycles. The number of fused-ring (bicyclic) bond motifs is 1. The number of aromatic nitrogens is 1. The van der Waals surface area contributed by atoms with E-state index in [2.05, 4.69) is 4.98 Å². The Hall–Kier alpha value is -2.55. The summed E-state index contributed by atoms with van der Waals surface area (Å²) in [5.41, 5.74) is 3.85. The quantitative estimate of drug-likeness (QED) is 0.761. The summed E-state index contributed by atoms with van der Waals surface area (Å²) in [5.74, 6) is -1.32. The number of para-hydroxylation sites is 1. The fourth-order valence-corrected chi connectivity index (χ4v) is 2.91. The van der Waals surface area contributed by atoms with Gasteiger partial charge in [0.15, 0.2) is 0 Å². The molecular formula is C18H17NO2. The van der Waals surface area contributed by atoms with Gasteiger partial charge in [-0.1, -0.05) is 48.5 Å². The summed E-state index contributed by atoms with van der Waals surface area (Å²) in [6.07, 6.45) is 0.499. The van der Waals surface area contributed by atoms with Crippen LogP contribution in [-0.2, 0) is 11.2 Å². The van der Waals surface area contributed by atoms with Crippen LogP contribution in [0.25, 0.3) is 10.9 Å². The molecule has 3 aromatic rings. The number of benzene rings is 2. The zero-order valence-corrected chi connectivity index (χ0v) is 11.8. The van der Waals surface area contributed by atoms with E-state index in [0.717, 1.165) is 27.7 Å². The molecule has 0 spiro atoms. The minimum absolute atomic E-state index is 0.499. The molecule has 0 amide bonds. The molecule has 0 aliphatic rings. The topological polar surface area (TPSA) is 53.1 Å². The number of aromatic amines is 1. The van der Waals surface area contributed by atoms with Gasteiger partial charge in [-0.3, -0.25) is 4.79 Å². The molecule has 2 aromatic carbocycles. The zero-order chi connectivity index (χ0) is 14.8. The number of aliphatic carboxylic acids is 1. The van der Waals surface area contributed by atoms with Crippen LogP contribution in [0, 0.1) is 6.92 Å². The van der Waals surface area contributed by atoms with Crippen LogP contribution < -0.4 is 0 Å². The van der Waals surface area contributed by atoms with Gasteiger partial charge in [0, 0.05) is 16.6 Å². The molecule has 1 unspecified atom stereocenters. The van der Waals surface area contributed by atoms with E-state index in [9.17, 15) is 9.90 Å². The number of hydrogen-bond donors (Lipinski definition) is 2. The number of H-pyrrole nitrogens is 1. The van der Waals surface area contributed by atoms with E-state index in [4.69, 9.17) is 0 Å². The predicted octanol–water partition coefficient (Wildman–Crippen LogP) is 3.89. The molecule has 106 valence electrons. The van der Waals surface area contributed by atoms with Crippen LogP contribution in [0.1, 0.15) is 22.7 Å². The average molecular weight is 279 g/mol. The number of aryl methyl sites for hydroxylation is 1. The van der Waals surface area contributed by atoms with Gasteiger partial charge in [-0.05, 0) is 30.5 Å². The fourth-order valence-electron chi connectivity index (χ4n) is 2.91. The molecule has 21 heavy (non-hydrogen) atoms. The van der Waals surface area contributed by atoms with E-state index in [-0.39, 0.29) is 0 Å². The Kier molecular flexibility index (Phi) is 3.48. The standard InChI is InChI=1S/C18H17NO2/c1-12-17(14-9-5-6-10-16(14)19-12)15(18(20)21)11-13-7-3-2-4-8-13/h2-10,15,19H,11H2,1H3,(H,20,21). The first kappa shape index (κ1) is 13.4. The second kappa shape index (κ2) is 5.44. The van der Waals surface area contributed by atoms with Crippen LogP contribution in [-0.4, -0.2) is 16.1 Å². The van der Waals surface area contributed by atoms with Crippen molar-refractivity contribution >= 4 is 16.9 Å². The highest BCUT2D eigenvalue weighted by molar-refractivity contribution is 5.90. The Balaban J connectivity index is 2.08. The molecule has 1 aromatic heterocycles. The van der Waals surface area contributed by atoms with E-state index in [1.807, 2.05) is 61.5 Å². The molecule has 0 saturated carbocycles. The van der Waals surface area contributed by atoms with Crippen molar-refractivity contribution in [1.82, 2.24) is 4.98 Å². The number of rotatable bonds is 4. The first-order valence-corrected chi connectivity index (χ1v) is 7.00. The van der Waals surface area contributed by atoms with Crippen LogP contribution in [0.3, 0.4) is 0 Å².